The number of thioether (sulfide) groups is 1. The molecule has 29 heavy (non-hydrogen) atoms. The zero-order valence-electron chi connectivity index (χ0n) is 15.7. The Morgan fingerprint density at radius 1 is 1.17 bits per heavy atom. The van der Waals surface area contributed by atoms with Gasteiger partial charge < -0.3 is 14.6 Å². The predicted octanol–water partition coefficient (Wildman–Crippen LogP) is 4.31. The van der Waals surface area contributed by atoms with Crippen LogP contribution in [0.1, 0.15) is 12.8 Å². The topological polar surface area (TPSA) is 71.3 Å². The summed E-state index contributed by atoms with van der Waals surface area (Å²) >= 11 is 3.11. The van der Waals surface area contributed by atoms with E-state index in [-0.39, 0.29) is 11.9 Å². The summed E-state index contributed by atoms with van der Waals surface area (Å²) in [6.45, 7) is 1.49. The molecule has 2 aromatic heterocycles. The van der Waals surface area contributed by atoms with E-state index >= 15 is 0 Å². The van der Waals surface area contributed by atoms with E-state index in [9.17, 15) is 4.79 Å². The highest BCUT2D eigenvalue weighted by atomic mass is 32.2. The van der Waals surface area contributed by atoms with Crippen LogP contribution in [-0.4, -0.2) is 40.8 Å². The number of benzene rings is 2. The van der Waals surface area contributed by atoms with Crippen molar-refractivity contribution >= 4 is 56.3 Å². The summed E-state index contributed by atoms with van der Waals surface area (Å²) < 4.78 is 7.99. The molecular formula is C21H20N4O2S2. The molecule has 1 fully saturated rings. The maximum absolute atomic E-state index is 12.4. The minimum Gasteiger partial charge on any atom is -0.423 e. The molecule has 1 amide bonds. The van der Waals surface area contributed by atoms with Crippen molar-refractivity contribution in [1.29, 1.82) is 0 Å². The van der Waals surface area contributed by atoms with Gasteiger partial charge in [-0.1, -0.05) is 36.0 Å². The van der Waals surface area contributed by atoms with Gasteiger partial charge in [0, 0.05) is 13.1 Å². The number of carbonyl (C=O) groups excluding carboxylic acids is 1. The first kappa shape index (κ1) is 18.4. The van der Waals surface area contributed by atoms with Crippen LogP contribution in [-0.2, 0) is 4.79 Å². The number of nitrogens with zero attached hydrogens (tertiary/aromatic N) is 3. The van der Waals surface area contributed by atoms with Gasteiger partial charge in [0.05, 0.1) is 22.0 Å². The van der Waals surface area contributed by atoms with Crippen molar-refractivity contribution in [2.24, 2.45) is 0 Å². The molecule has 2 aromatic carbocycles. The van der Waals surface area contributed by atoms with Crippen molar-refractivity contribution in [3.05, 3.63) is 48.5 Å². The van der Waals surface area contributed by atoms with Gasteiger partial charge in [-0.15, -0.1) is 11.3 Å². The highest BCUT2D eigenvalue weighted by Gasteiger charge is 2.28. The van der Waals surface area contributed by atoms with E-state index in [1.54, 1.807) is 11.3 Å². The summed E-state index contributed by atoms with van der Waals surface area (Å²) in [5.74, 6) is 0.397. The summed E-state index contributed by atoms with van der Waals surface area (Å²) in [4.78, 5) is 23.7. The van der Waals surface area contributed by atoms with Crippen LogP contribution in [0.5, 0.6) is 0 Å². The fourth-order valence-corrected chi connectivity index (χ4v) is 5.50. The first-order valence-electron chi connectivity index (χ1n) is 9.63. The Kier molecular flexibility index (Phi) is 5.12. The number of rotatable bonds is 6. The lowest BCUT2D eigenvalue weighted by atomic mass is 10.2. The number of anilines is 1. The number of para-hydroxylation sites is 3. The number of carbonyl (C=O) groups is 1. The van der Waals surface area contributed by atoms with E-state index in [0.29, 0.717) is 18.3 Å². The molecule has 0 saturated carbocycles. The van der Waals surface area contributed by atoms with E-state index in [0.717, 1.165) is 45.0 Å². The number of hydrogen-bond donors (Lipinski definition) is 1. The highest BCUT2D eigenvalue weighted by molar-refractivity contribution is 8.01. The third kappa shape index (κ3) is 3.95. The highest BCUT2D eigenvalue weighted by Crippen LogP contribution is 2.30. The van der Waals surface area contributed by atoms with Crippen molar-refractivity contribution in [3.63, 3.8) is 0 Å². The summed E-state index contributed by atoms with van der Waals surface area (Å²) in [6.07, 6.45) is 2.09. The molecule has 0 spiro atoms. The standard InChI is InChI=1S/C21H20N4O2S2/c26-19(13-28-21-24-16-8-2-4-10-18(16)29-21)22-12-14-6-5-11-25(14)20-23-15-7-1-3-9-17(15)27-20/h1-4,7-10,14H,5-6,11-13H2,(H,22,26). The molecule has 1 unspecified atom stereocenters. The summed E-state index contributed by atoms with van der Waals surface area (Å²) in [6, 6.07) is 16.7. The molecular weight excluding hydrogens is 404 g/mol. The number of oxazole rings is 1. The Morgan fingerprint density at radius 2 is 2.00 bits per heavy atom. The molecule has 0 aliphatic carbocycles. The van der Waals surface area contributed by atoms with Gasteiger partial charge >= 0.3 is 0 Å². The molecule has 4 aromatic rings. The second-order valence-corrected chi connectivity index (χ2v) is 9.25. The molecule has 0 bridgehead atoms. The van der Waals surface area contributed by atoms with Crippen LogP contribution in [0.25, 0.3) is 21.3 Å². The lowest BCUT2D eigenvalue weighted by Crippen LogP contribution is -2.41. The molecule has 1 N–H and O–H groups in total. The zero-order chi connectivity index (χ0) is 19.6. The monoisotopic (exact) mass is 424 g/mol. The molecule has 6 nitrogen and oxygen atoms in total. The third-order valence-electron chi connectivity index (χ3n) is 5.04. The summed E-state index contributed by atoms with van der Waals surface area (Å²) in [7, 11) is 0. The van der Waals surface area contributed by atoms with Crippen molar-refractivity contribution in [2.75, 3.05) is 23.7 Å². The molecule has 1 aliphatic rings. The smallest absolute Gasteiger partial charge is 0.298 e. The molecule has 8 heteroatoms. The Morgan fingerprint density at radius 3 is 2.86 bits per heavy atom. The number of amides is 1. The average molecular weight is 425 g/mol. The Balaban J connectivity index is 1.17. The van der Waals surface area contributed by atoms with Gasteiger partial charge in [-0.05, 0) is 37.1 Å². The van der Waals surface area contributed by atoms with Gasteiger partial charge in [-0.2, -0.15) is 4.98 Å². The third-order valence-corrected chi connectivity index (χ3v) is 7.22. The lowest BCUT2D eigenvalue weighted by molar-refractivity contribution is -0.118. The van der Waals surface area contributed by atoms with Gasteiger partial charge in [0.15, 0.2) is 9.92 Å². The second kappa shape index (κ2) is 8.04. The molecule has 5 rings (SSSR count). The number of fused-ring (bicyclic) bond motifs is 2. The van der Waals surface area contributed by atoms with Gasteiger partial charge in [0.1, 0.15) is 5.52 Å². The Hall–Kier alpha value is -2.58. The predicted molar refractivity (Wildman–Crippen MR) is 118 cm³/mol. The number of aromatic nitrogens is 2. The van der Waals surface area contributed by atoms with Crippen molar-refractivity contribution < 1.29 is 9.21 Å². The first-order valence-corrected chi connectivity index (χ1v) is 11.4. The van der Waals surface area contributed by atoms with Crippen LogP contribution in [0.3, 0.4) is 0 Å². The maximum atomic E-state index is 12.4. The van der Waals surface area contributed by atoms with Crippen molar-refractivity contribution in [3.8, 4) is 0 Å². The van der Waals surface area contributed by atoms with Gasteiger partial charge in [-0.3, -0.25) is 4.79 Å². The van der Waals surface area contributed by atoms with E-state index in [4.69, 9.17) is 4.42 Å². The van der Waals surface area contributed by atoms with Crippen LogP contribution in [0.2, 0.25) is 0 Å². The number of nitrogens with one attached hydrogen (secondary N) is 1. The van der Waals surface area contributed by atoms with Crippen LogP contribution in [0, 0.1) is 0 Å². The second-order valence-electron chi connectivity index (χ2n) is 6.99. The molecule has 0 radical (unpaired) electrons. The molecule has 1 aliphatic heterocycles. The zero-order valence-corrected chi connectivity index (χ0v) is 17.3. The fraction of sp³-hybridized carbons (Fsp3) is 0.286. The minimum absolute atomic E-state index is 0.0265. The normalized spacial score (nSPS) is 16.7. The molecule has 3 heterocycles. The summed E-state index contributed by atoms with van der Waals surface area (Å²) in [5.41, 5.74) is 2.65. The van der Waals surface area contributed by atoms with Crippen LogP contribution in [0.4, 0.5) is 6.01 Å². The van der Waals surface area contributed by atoms with Crippen LogP contribution >= 0.6 is 23.1 Å². The lowest BCUT2D eigenvalue weighted by Gasteiger charge is -2.22. The van der Waals surface area contributed by atoms with Crippen molar-refractivity contribution in [1.82, 2.24) is 15.3 Å². The quantitative estimate of drug-likeness (QED) is 0.465. The maximum Gasteiger partial charge on any atom is 0.298 e. The van der Waals surface area contributed by atoms with E-state index in [2.05, 4.69) is 26.3 Å². The van der Waals surface area contributed by atoms with Crippen LogP contribution < -0.4 is 10.2 Å². The molecule has 1 atom stereocenters. The fourth-order valence-electron chi connectivity index (χ4n) is 3.61. The first-order chi connectivity index (χ1) is 14.3. The van der Waals surface area contributed by atoms with Crippen molar-refractivity contribution in [2.45, 2.75) is 23.2 Å². The van der Waals surface area contributed by atoms with Gasteiger partial charge in [0.2, 0.25) is 5.91 Å². The Bertz CT molecular complexity index is 1090. The van der Waals surface area contributed by atoms with Crippen LogP contribution in [0.15, 0.2) is 57.3 Å². The molecule has 1 saturated heterocycles. The average Bonchev–Trinajstić information content (AvgIpc) is 3.47. The van der Waals surface area contributed by atoms with E-state index < -0.39 is 0 Å². The van der Waals surface area contributed by atoms with E-state index in [1.165, 1.54) is 11.8 Å². The minimum atomic E-state index is 0.0265. The number of thiazole rings is 1. The SMILES string of the molecule is O=C(CSc1nc2ccccc2s1)NCC1CCCN1c1nc2ccccc2o1. The Labute approximate surface area is 176 Å². The van der Waals surface area contributed by atoms with Gasteiger partial charge in [-0.25, -0.2) is 4.98 Å². The van der Waals surface area contributed by atoms with E-state index in [1.807, 2.05) is 42.5 Å². The van der Waals surface area contributed by atoms with Gasteiger partial charge in [0.25, 0.3) is 6.01 Å². The molecule has 148 valence electrons. The largest absolute Gasteiger partial charge is 0.423 e. The number of hydrogen-bond acceptors (Lipinski definition) is 7. The summed E-state index contributed by atoms with van der Waals surface area (Å²) in [5, 5.41) is 3.07.